The first kappa shape index (κ1) is 12.8. The molecule has 0 saturated carbocycles. The number of nitrogens with one attached hydrogen (secondary N) is 1. The molecule has 0 aliphatic heterocycles. The van der Waals surface area contributed by atoms with E-state index in [-0.39, 0.29) is 0 Å². The normalized spacial score (nSPS) is 10.5. The van der Waals surface area contributed by atoms with Gasteiger partial charge >= 0.3 is 6.09 Å². The van der Waals surface area contributed by atoms with Gasteiger partial charge in [0.2, 0.25) is 0 Å². The van der Waals surface area contributed by atoms with E-state index >= 15 is 0 Å². The zero-order valence-corrected chi connectivity index (χ0v) is 10.9. The number of rotatable bonds is 3. The molecular formula is C14H12N4O3. The summed E-state index contributed by atoms with van der Waals surface area (Å²) < 4.78 is 7.46. The summed E-state index contributed by atoms with van der Waals surface area (Å²) in [5.41, 5.74) is 6.84. The smallest absolute Gasteiger partial charge is 0.409 e. The van der Waals surface area contributed by atoms with Gasteiger partial charge in [-0.05, 0) is 36.4 Å². The van der Waals surface area contributed by atoms with E-state index in [9.17, 15) is 4.79 Å². The highest BCUT2D eigenvalue weighted by Gasteiger charge is 2.03. The summed E-state index contributed by atoms with van der Waals surface area (Å²) in [7, 11) is 0. The van der Waals surface area contributed by atoms with E-state index in [1.807, 2.05) is 0 Å². The quantitative estimate of drug-likeness (QED) is 0.686. The van der Waals surface area contributed by atoms with Gasteiger partial charge in [0.15, 0.2) is 0 Å². The van der Waals surface area contributed by atoms with E-state index < -0.39 is 6.09 Å². The predicted octanol–water partition coefficient (Wildman–Crippen LogP) is 2.80. The minimum Gasteiger partial charge on any atom is -0.465 e. The molecule has 0 spiro atoms. The van der Waals surface area contributed by atoms with Crippen LogP contribution in [0, 0.1) is 0 Å². The highest BCUT2D eigenvalue weighted by molar-refractivity contribution is 5.82. The molecule has 1 amide bonds. The van der Waals surface area contributed by atoms with Crippen molar-refractivity contribution >= 4 is 23.2 Å². The number of hydrogen-bond donors (Lipinski definition) is 3. The van der Waals surface area contributed by atoms with Crippen LogP contribution in [0.4, 0.5) is 16.3 Å². The van der Waals surface area contributed by atoms with E-state index in [1.165, 1.54) is 0 Å². The van der Waals surface area contributed by atoms with Crippen molar-refractivity contribution in [1.29, 1.82) is 0 Å². The molecule has 0 radical (unpaired) electrons. The second-order valence-electron chi connectivity index (χ2n) is 4.35. The monoisotopic (exact) mass is 284 g/mol. The molecule has 21 heavy (non-hydrogen) atoms. The van der Waals surface area contributed by atoms with Crippen LogP contribution in [0.3, 0.4) is 0 Å². The van der Waals surface area contributed by atoms with E-state index in [1.54, 1.807) is 53.2 Å². The zero-order chi connectivity index (χ0) is 14.8. The molecule has 4 N–H and O–H groups in total. The average molecular weight is 284 g/mol. The van der Waals surface area contributed by atoms with Crippen LogP contribution >= 0.6 is 0 Å². The largest absolute Gasteiger partial charge is 0.465 e. The van der Waals surface area contributed by atoms with Crippen molar-refractivity contribution in [1.82, 2.24) is 9.38 Å². The van der Waals surface area contributed by atoms with Gasteiger partial charge in [0, 0.05) is 5.69 Å². The van der Waals surface area contributed by atoms with E-state index in [0.717, 1.165) is 5.65 Å². The summed E-state index contributed by atoms with van der Waals surface area (Å²) in [4.78, 5) is 14.6. The number of carboxylic acid groups (broad SMARTS) is 1. The molecule has 0 bridgehead atoms. The molecule has 3 rings (SSSR count). The Morgan fingerprint density at radius 3 is 2.57 bits per heavy atom. The highest BCUT2D eigenvalue weighted by Crippen LogP contribution is 2.23. The molecule has 106 valence electrons. The minimum absolute atomic E-state index is 0.441. The van der Waals surface area contributed by atoms with E-state index in [0.29, 0.717) is 23.0 Å². The second kappa shape index (κ2) is 5.04. The summed E-state index contributed by atoms with van der Waals surface area (Å²) in [5, 5.41) is 10.9. The molecular weight excluding hydrogens is 272 g/mol. The van der Waals surface area contributed by atoms with Gasteiger partial charge in [0.05, 0.1) is 12.4 Å². The van der Waals surface area contributed by atoms with Gasteiger partial charge in [-0.25, -0.2) is 9.78 Å². The molecule has 0 aliphatic carbocycles. The number of imidazole rings is 1. The lowest BCUT2D eigenvalue weighted by atomic mass is 10.3. The Labute approximate surface area is 119 Å². The molecule has 0 saturated heterocycles. The topological polar surface area (TPSA) is 102 Å². The summed E-state index contributed by atoms with van der Waals surface area (Å²) >= 11 is 0. The van der Waals surface area contributed by atoms with Crippen molar-refractivity contribution in [3.05, 3.63) is 48.8 Å². The van der Waals surface area contributed by atoms with Crippen LogP contribution in [-0.2, 0) is 0 Å². The molecule has 2 aromatic heterocycles. The Balaban J connectivity index is 1.79. The first-order valence-corrected chi connectivity index (χ1v) is 6.12. The number of ether oxygens (including phenoxy) is 1. The molecule has 1 aromatic carbocycles. The second-order valence-corrected chi connectivity index (χ2v) is 4.35. The maximum atomic E-state index is 10.5. The third-order valence-electron chi connectivity index (χ3n) is 2.78. The lowest BCUT2D eigenvalue weighted by Crippen LogP contribution is -2.06. The van der Waals surface area contributed by atoms with Crippen LogP contribution in [0.15, 0.2) is 48.8 Å². The van der Waals surface area contributed by atoms with Gasteiger partial charge in [0.1, 0.15) is 23.0 Å². The Kier molecular flexibility index (Phi) is 3.07. The summed E-state index contributed by atoms with van der Waals surface area (Å²) in [6.07, 6.45) is 2.36. The summed E-state index contributed by atoms with van der Waals surface area (Å²) in [6, 6.07) is 10.2. The van der Waals surface area contributed by atoms with Crippen LogP contribution in [-0.4, -0.2) is 20.6 Å². The molecule has 7 heteroatoms. The lowest BCUT2D eigenvalue weighted by molar-refractivity contribution is 0.209. The number of carbonyl (C=O) groups is 1. The molecule has 3 aromatic rings. The Hall–Kier alpha value is -3.22. The summed E-state index contributed by atoms with van der Waals surface area (Å²) in [5.74, 6) is 1.66. The number of nitrogen functional groups attached to an aromatic ring is 1. The van der Waals surface area contributed by atoms with Crippen molar-refractivity contribution in [2.75, 3.05) is 11.1 Å². The van der Waals surface area contributed by atoms with Gasteiger partial charge in [-0.3, -0.25) is 5.32 Å². The number of amides is 1. The minimum atomic E-state index is -1.10. The van der Waals surface area contributed by atoms with Crippen molar-refractivity contribution < 1.29 is 14.6 Å². The molecule has 7 nitrogen and oxygen atoms in total. The molecule has 2 heterocycles. The standard InChI is InChI=1S/C14H12N4O3/c15-12-8-18-7-11(5-6-13(18)17-12)21-10-3-1-9(2-4-10)16-14(19)20/h1-8,16H,15H2,(H,19,20). The third kappa shape index (κ3) is 2.86. The third-order valence-corrected chi connectivity index (χ3v) is 2.78. The van der Waals surface area contributed by atoms with Crippen molar-refractivity contribution in [2.45, 2.75) is 0 Å². The number of benzene rings is 1. The fraction of sp³-hybridized carbons (Fsp3) is 0. The van der Waals surface area contributed by atoms with Crippen LogP contribution in [0.1, 0.15) is 0 Å². The first-order chi connectivity index (χ1) is 10.1. The van der Waals surface area contributed by atoms with Gasteiger partial charge in [0.25, 0.3) is 0 Å². The van der Waals surface area contributed by atoms with Crippen molar-refractivity contribution in [3.63, 3.8) is 0 Å². The fourth-order valence-electron chi connectivity index (χ4n) is 1.92. The van der Waals surface area contributed by atoms with Gasteiger partial charge in [-0.2, -0.15) is 0 Å². The van der Waals surface area contributed by atoms with Crippen molar-refractivity contribution in [2.24, 2.45) is 0 Å². The maximum Gasteiger partial charge on any atom is 0.409 e. The zero-order valence-electron chi connectivity index (χ0n) is 10.9. The van der Waals surface area contributed by atoms with Crippen LogP contribution in [0.2, 0.25) is 0 Å². The number of anilines is 2. The predicted molar refractivity (Wildman–Crippen MR) is 77.8 cm³/mol. The average Bonchev–Trinajstić information content (AvgIpc) is 2.80. The van der Waals surface area contributed by atoms with Crippen LogP contribution in [0.5, 0.6) is 11.5 Å². The molecule has 0 aliphatic rings. The fourth-order valence-corrected chi connectivity index (χ4v) is 1.92. The Bertz CT molecular complexity index is 796. The van der Waals surface area contributed by atoms with Crippen LogP contribution in [0.25, 0.3) is 5.65 Å². The molecule has 0 unspecified atom stereocenters. The Morgan fingerprint density at radius 1 is 1.14 bits per heavy atom. The number of nitrogens with zero attached hydrogens (tertiary/aromatic N) is 2. The number of hydrogen-bond acceptors (Lipinski definition) is 4. The van der Waals surface area contributed by atoms with E-state index in [2.05, 4.69) is 10.3 Å². The van der Waals surface area contributed by atoms with Crippen LogP contribution < -0.4 is 15.8 Å². The number of pyridine rings is 1. The first-order valence-electron chi connectivity index (χ1n) is 6.12. The molecule has 0 fully saturated rings. The van der Waals surface area contributed by atoms with Gasteiger partial charge < -0.3 is 20.0 Å². The number of nitrogens with two attached hydrogens (primary N) is 1. The summed E-state index contributed by atoms with van der Waals surface area (Å²) in [6.45, 7) is 0. The highest BCUT2D eigenvalue weighted by atomic mass is 16.5. The van der Waals surface area contributed by atoms with Gasteiger partial charge in [-0.15, -0.1) is 0 Å². The van der Waals surface area contributed by atoms with Crippen molar-refractivity contribution in [3.8, 4) is 11.5 Å². The maximum absolute atomic E-state index is 10.5. The SMILES string of the molecule is Nc1cn2cc(Oc3ccc(NC(=O)O)cc3)ccc2n1. The molecule has 0 atom stereocenters. The number of fused-ring (bicyclic) bond motifs is 1. The lowest BCUT2D eigenvalue weighted by Gasteiger charge is -2.07. The van der Waals surface area contributed by atoms with E-state index in [4.69, 9.17) is 15.6 Å². The number of aromatic nitrogens is 2. The van der Waals surface area contributed by atoms with Gasteiger partial charge in [-0.1, -0.05) is 0 Å². The Morgan fingerprint density at radius 2 is 1.86 bits per heavy atom.